The highest BCUT2D eigenvalue weighted by Gasteiger charge is 2.18. The first-order chi connectivity index (χ1) is 8.93. The van der Waals surface area contributed by atoms with E-state index in [1.165, 1.54) is 17.1 Å². The lowest BCUT2D eigenvalue weighted by molar-refractivity contribution is 0.104. The van der Waals surface area contributed by atoms with Gasteiger partial charge in [0, 0.05) is 5.56 Å². The first-order valence-electron chi connectivity index (χ1n) is 6.40. The maximum atomic E-state index is 12.4. The quantitative estimate of drug-likeness (QED) is 0.803. The maximum Gasteiger partial charge on any atom is 0.206 e. The molecule has 19 heavy (non-hydrogen) atoms. The van der Waals surface area contributed by atoms with Gasteiger partial charge >= 0.3 is 0 Å². The molecule has 0 amide bonds. The highest BCUT2D eigenvalue weighted by Crippen LogP contribution is 2.23. The van der Waals surface area contributed by atoms with Gasteiger partial charge in [-0.05, 0) is 28.9 Å². The van der Waals surface area contributed by atoms with Crippen molar-refractivity contribution in [1.29, 1.82) is 0 Å². The first-order valence-corrected chi connectivity index (χ1v) is 7.17. The molecule has 0 aliphatic heterocycles. The molecule has 100 valence electrons. The summed E-state index contributed by atoms with van der Waals surface area (Å²) in [7, 11) is 0. The number of hydrogen-bond acceptors (Lipinski definition) is 4. The van der Waals surface area contributed by atoms with Crippen molar-refractivity contribution < 1.29 is 4.79 Å². The SMILES string of the molecule is CCc1nnsc1C(=O)c1ccc(C(C)(C)C)cc1. The highest BCUT2D eigenvalue weighted by atomic mass is 32.1. The average molecular weight is 274 g/mol. The zero-order valence-corrected chi connectivity index (χ0v) is 12.5. The van der Waals surface area contributed by atoms with Crippen molar-refractivity contribution in [3.05, 3.63) is 46.0 Å². The molecule has 3 nitrogen and oxygen atoms in total. The van der Waals surface area contributed by atoms with Crippen molar-refractivity contribution in [2.45, 2.75) is 39.5 Å². The maximum absolute atomic E-state index is 12.4. The summed E-state index contributed by atoms with van der Waals surface area (Å²) in [5.41, 5.74) is 2.81. The monoisotopic (exact) mass is 274 g/mol. The van der Waals surface area contributed by atoms with E-state index in [0.717, 1.165) is 12.1 Å². The molecule has 0 unspecified atom stereocenters. The van der Waals surface area contributed by atoms with Gasteiger partial charge in [0.25, 0.3) is 0 Å². The Bertz CT molecular complexity index is 579. The molecule has 1 aromatic carbocycles. The molecule has 0 bridgehead atoms. The minimum atomic E-state index is 0.0207. The Morgan fingerprint density at radius 2 is 1.84 bits per heavy atom. The summed E-state index contributed by atoms with van der Waals surface area (Å²) < 4.78 is 3.87. The van der Waals surface area contributed by atoms with Gasteiger partial charge in [-0.15, -0.1) is 5.10 Å². The van der Waals surface area contributed by atoms with Crippen LogP contribution in [0.4, 0.5) is 0 Å². The van der Waals surface area contributed by atoms with Crippen LogP contribution in [0.25, 0.3) is 0 Å². The van der Waals surface area contributed by atoms with E-state index < -0.39 is 0 Å². The van der Waals surface area contributed by atoms with Crippen LogP contribution < -0.4 is 0 Å². The Hall–Kier alpha value is -1.55. The van der Waals surface area contributed by atoms with E-state index in [9.17, 15) is 4.79 Å². The summed E-state index contributed by atoms with van der Waals surface area (Å²) >= 11 is 1.18. The summed E-state index contributed by atoms with van der Waals surface area (Å²) in [4.78, 5) is 13.0. The number of ketones is 1. The Morgan fingerprint density at radius 1 is 1.21 bits per heavy atom. The molecule has 0 spiro atoms. The summed E-state index contributed by atoms with van der Waals surface area (Å²) in [6, 6.07) is 7.82. The largest absolute Gasteiger partial charge is 0.288 e. The van der Waals surface area contributed by atoms with E-state index in [1.54, 1.807) is 0 Å². The van der Waals surface area contributed by atoms with Crippen LogP contribution in [0.5, 0.6) is 0 Å². The lowest BCUT2D eigenvalue weighted by atomic mass is 9.86. The molecule has 0 aliphatic rings. The minimum absolute atomic E-state index is 0.0207. The van der Waals surface area contributed by atoms with Crippen LogP contribution in [-0.4, -0.2) is 15.4 Å². The number of hydrogen-bond donors (Lipinski definition) is 0. The molecule has 0 saturated carbocycles. The molecule has 2 aromatic rings. The summed E-state index contributed by atoms with van der Waals surface area (Å²) in [5.74, 6) is 0.0207. The first kappa shape index (κ1) is 13.9. The Labute approximate surface area is 117 Å². The van der Waals surface area contributed by atoms with Gasteiger partial charge in [-0.1, -0.05) is 56.4 Å². The Balaban J connectivity index is 2.30. The molecule has 1 aromatic heterocycles. The van der Waals surface area contributed by atoms with E-state index in [2.05, 4.69) is 30.4 Å². The number of carbonyl (C=O) groups excluding carboxylic acids is 1. The second-order valence-corrected chi connectivity index (χ2v) is 6.31. The number of aryl methyl sites for hydroxylation is 1. The zero-order valence-electron chi connectivity index (χ0n) is 11.7. The van der Waals surface area contributed by atoms with Gasteiger partial charge in [0.15, 0.2) is 0 Å². The zero-order chi connectivity index (χ0) is 14.0. The second-order valence-electron chi connectivity index (χ2n) is 5.56. The molecule has 0 aliphatic carbocycles. The predicted molar refractivity (Wildman–Crippen MR) is 77.9 cm³/mol. The second kappa shape index (κ2) is 5.21. The molecular weight excluding hydrogens is 256 g/mol. The molecule has 4 heteroatoms. The van der Waals surface area contributed by atoms with E-state index in [4.69, 9.17) is 0 Å². The summed E-state index contributed by atoms with van der Waals surface area (Å²) in [5, 5.41) is 3.99. The number of carbonyl (C=O) groups is 1. The summed E-state index contributed by atoms with van der Waals surface area (Å²) in [6.07, 6.45) is 0.734. The van der Waals surface area contributed by atoms with E-state index in [-0.39, 0.29) is 11.2 Å². The van der Waals surface area contributed by atoms with Gasteiger partial charge < -0.3 is 0 Å². The summed E-state index contributed by atoms with van der Waals surface area (Å²) in [6.45, 7) is 8.46. The van der Waals surface area contributed by atoms with Crippen molar-refractivity contribution in [3.63, 3.8) is 0 Å². The third-order valence-electron chi connectivity index (χ3n) is 3.11. The average Bonchev–Trinajstić information content (AvgIpc) is 2.85. The smallest absolute Gasteiger partial charge is 0.206 e. The Kier molecular flexibility index (Phi) is 3.80. The fourth-order valence-electron chi connectivity index (χ4n) is 1.87. The Morgan fingerprint density at radius 3 is 2.37 bits per heavy atom. The number of benzene rings is 1. The molecule has 0 atom stereocenters. The molecule has 0 saturated heterocycles. The molecule has 0 fully saturated rings. The van der Waals surface area contributed by atoms with Gasteiger partial charge in [-0.3, -0.25) is 4.79 Å². The van der Waals surface area contributed by atoms with Crippen molar-refractivity contribution in [1.82, 2.24) is 9.59 Å². The van der Waals surface area contributed by atoms with Crippen LogP contribution in [0.3, 0.4) is 0 Å². The van der Waals surface area contributed by atoms with Gasteiger partial charge in [-0.2, -0.15) is 0 Å². The van der Waals surface area contributed by atoms with E-state index in [0.29, 0.717) is 10.4 Å². The van der Waals surface area contributed by atoms with E-state index >= 15 is 0 Å². The van der Waals surface area contributed by atoms with Gasteiger partial charge in [-0.25, -0.2) is 0 Å². The third-order valence-corrected chi connectivity index (χ3v) is 3.88. The van der Waals surface area contributed by atoms with Crippen molar-refractivity contribution >= 4 is 17.3 Å². The predicted octanol–water partition coefficient (Wildman–Crippen LogP) is 3.63. The van der Waals surface area contributed by atoms with Crippen molar-refractivity contribution in [2.24, 2.45) is 0 Å². The topological polar surface area (TPSA) is 42.9 Å². The molecule has 0 radical (unpaired) electrons. The number of nitrogens with zero attached hydrogens (tertiary/aromatic N) is 2. The van der Waals surface area contributed by atoms with Crippen LogP contribution in [0.2, 0.25) is 0 Å². The van der Waals surface area contributed by atoms with Crippen LogP contribution >= 0.6 is 11.5 Å². The van der Waals surface area contributed by atoms with Crippen molar-refractivity contribution in [2.75, 3.05) is 0 Å². The number of rotatable bonds is 3. The van der Waals surface area contributed by atoms with Crippen LogP contribution in [-0.2, 0) is 11.8 Å². The van der Waals surface area contributed by atoms with Crippen LogP contribution in [0.1, 0.15) is 54.2 Å². The van der Waals surface area contributed by atoms with Gasteiger partial charge in [0.05, 0.1) is 5.69 Å². The standard InChI is InChI=1S/C15H18N2OS/c1-5-12-14(19-17-16-12)13(18)10-6-8-11(9-7-10)15(2,3)4/h6-9H,5H2,1-4H3. The lowest BCUT2D eigenvalue weighted by Crippen LogP contribution is -2.11. The van der Waals surface area contributed by atoms with E-state index in [1.807, 2.05) is 31.2 Å². The normalized spacial score (nSPS) is 11.6. The van der Waals surface area contributed by atoms with Crippen LogP contribution in [0.15, 0.2) is 24.3 Å². The molecular formula is C15H18N2OS. The minimum Gasteiger partial charge on any atom is -0.288 e. The van der Waals surface area contributed by atoms with Gasteiger partial charge in [0.2, 0.25) is 5.78 Å². The fourth-order valence-corrected chi connectivity index (χ4v) is 2.58. The van der Waals surface area contributed by atoms with Crippen LogP contribution in [0, 0.1) is 0 Å². The molecule has 2 rings (SSSR count). The van der Waals surface area contributed by atoms with Gasteiger partial charge in [0.1, 0.15) is 4.88 Å². The number of aromatic nitrogens is 2. The fraction of sp³-hybridized carbons (Fsp3) is 0.400. The highest BCUT2D eigenvalue weighted by molar-refractivity contribution is 7.08. The third kappa shape index (κ3) is 2.89. The lowest BCUT2D eigenvalue weighted by Gasteiger charge is -2.18. The molecule has 1 heterocycles. The van der Waals surface area contributed by atoms with Crippen molar-refractivity contribution in [3.8, 4) is 0 Å². The molecule has 0 N–H and O–H groups in total.